The van der Waals surface area contributed by atoms with Crippen LogP contribution in [0.4, 0.5) is 0 Å². The molecule has 1 saturated heterocycles. The molecule has 0 amide bonds. The monoisotopic (exact) mass is 187 g/mol. The van der Waals surface area contributed by atoms with E-state index >= 15 is 0 Å². The first-order valence-corrected chi connectivity index (χ1v) is 5.20. The van der Waals surface area contributed by atoms with Crippen LogP contribution in [-0.4, -0.2) is 37.0 Å². The molecule has 0 radical (unpaired) electrons. The van der Waals surface area contributed by atoms with Crippen molar-refractivity contribution >= 4 is 0 Å². The van der Waals surface area contributed by atoms with Crippen molar-refractivity contribution in [2.45, 2.75) is 38.8 Å². The molecule has 78 valence electrons. The van der Waals surface area contributed by atoms with E-state index in [-0.39, 0.29) is 12.5 Å². The molecule has 3 heteroatoms. The van der Waals surface area contributed by atoms with E-state index in [4.69, 9.17) is 9.84 Å². The molecule has 2 N–H and O–H groups in total. The molecule has 1 rings (SSSR count). The van der Waals surface area contributed by atoms with Crippen molar-refractivity contribution in [3.63, 3.8) is 0 Å². The second-order valence-electron chi connectivity index (χ2n) is 4.04. The zero-order valence-electron chi connectivity index (χ0n) is 8.62. The minimum absolute atomic E-state index is 0.217. The van der Waals surface area contributed by atoms with E-state index in [9.17, 15) is 0 Å². The number of hydrogen-bond acceptors (Lipinski definition) is 3. The van der Waals surface area contributed by atoms with E-state index in [1.165, 1.54) is 6.42 Å². The molecule has 13 heavy (non-hydrogen) atoms. The zero-order valence-corrected chi connectivity index (χ0v) is 8.62. The van der Waals surface area contributed by atoms with Crippen LogP contribution in [0.15, 0.2) is 0 Å². The Bertz CT molecular complexity index is 141. The van der Waals surface area contributed by atoms with Gasteiger partial charge < -0.3 is 15.2 Å². The maximum absolute atomic E-state index is 8.83. The Morgan fingerprint density at radius 2 is 2.38 bits per heavy atom. The summed E-state index contributed by atoms with van der Waals surface area (Å²) < 4.78 is 5.73. The van der Waals surface area contributed by atoms with E-state index in [0.29, 0.717) is 18.8 Å². The minimum atomic E-state index is 0.217. The molecule has 3 atom stereocenters. The van der Waals surface area contributed by atoms with Gasteiger partial charge in [-0.3, -0.25) is 0 Å². The number of aliphatic hydroxyl groups excluding tert-OH is 1. The number of nitrogens with one attached hydrogen (secondary N) is 1. The fourth-order valence-corrected chi connectivity index (χ4v) is 1.58. The number of piperidine rings is 1. The quantitative estimate of drug-likeness (QED) is 0.683. The van der Waals surface area contributed by atoms with Crippen LogP contribution < -0.4 is 5.32 Å². The Balaban J connectivity index is 2.18. The fraction of sp³-hybridized carbons (Fsp3) is 1.00. The van der Waals surface area contributed by atoms with Crippen LogP contribution >= 0.6 is 0 Å². The van der Waals surface area contributed by atoms with E-state index in [1.807, 2.05) is 6.92 Å². The maximum atomic E-state index is 8.83. The molecule has 1 heterocycles. The summed E-state index contributed by atoms with van der Waals surface area (Å²) in [6, 6.07) is 0.458. The highest BCUT2D eigenvalue weighted by Gasteiger charge is 2.21. The van der Waals surface area contributed by atoms with Crippen LogP contribution in [-0.2, 0) is 4.74 Å². The number of hydrogen-bond donors (Lipinski definition) is 2. The summed E-state index contributed by atoms with van der Waals surface area (Å²) in [5, 5.41) is 12.2. The lowest BCUT2D eigenvalue weighted by molar-refractivity contribution is -0.0117. The molecule has 3 unspecified atom stereocenters. The lowest BCUT2D eigenvalue weighted by Gasteiger charge is -2.30. The first-order chi connectivity index (χ1) is 6.24. The average Bonchev–Trinajstić information content (AvgIpc) is 2.16. The highest BCUT2D eigenvalue weighted by Crippen LogP contribution is 2.13. The van der Waals surface area contributed by atoms with Gasteiger partial charge in [0.2, 0.25) is 0 Å². The first kappa shape index (κ1) is 11.0. The van der Waals surface area contributed by atoms with E-state index in [0.717, 1.165) is 13.0 Å². The lowest BCUT2D eigenvalue weighted by atomic mass is 10.0. The van der Waals surface area contributed by atoms with Crippen molar-refractivity contribution < 1.29 is 9.84 Å². The third-order valence-electron chi connectivity index (χ3n) is 2.60. The molecular formula is C10H21NO2. The Morgan fingerprint density at radius 1 is 1.62 bits per heavy atom. The Morgan fingerprint density at radius 3 is 3.00 bits per heavy atom. The molecule has 0 bridgehead atoms. The van der Waals surface area contributed by atoms with Crippen LogP contribution in [0.25, 0.3) is 0 Å². The van der Waals surface area contributed by atoms with Gasteiger partial charge in [-0.05, 0) is 26.3 Å². The summed E-state index contributed by atoms with van der Waals surface area (Å²) in [5.41, 5.74) is 0. The van der Waals surface area contributed by atoms with Gasteiger partial charge in [0.1, 0.15) is 0 Å². The van der Waals surface area contributed by atoms with Gasteiger partial charge in [0.25, 0.3) is 0 Å². The van der Waals surface area contributed by atoms with Gasteiger partial charge in [-0.15, -0.1) is 0 Å². The topological polar surface area (TPSA) is 41.5 Å². The molecule has 1 aliphatic rings. The average molecular weight is 187 g/mol. The Labute approximate surface area is 80.5 Å². The van der Waals surface area contributed by atoms with Crippen molar-refractivity contribution in [1.82, 2.24) is 5.32 Å². The largest absolute Gasteiger partial charge is 0.396 e. The summed E-state index contributed by atoms with van der Waals surface area (Å²) in [6.07, 6.45) is 2.68. The summed E-state index contributed by atoms with van der Waals surface area (Å²) in [5.74, 6) is 0.258. The fourth-order valence-electron chi connectivity index (χ4n) is 1.58. The number of ether oxygens (including phenoxy) is 1. The van der Waals surface area contributed by atoms with Gasteiger partial charge in [-0.2, -0.15) is 0 Å². The van der Waals surface area contributed by atoms with Crippen molar-refractivity contribution in [1.29, 1.82) is 0 Å². The zero-order chi connectivity index (χ0) is 9.68. The predicted molar refractivity (Wildman–Crippen MR) is 52.7 cm³/mol. The molecular weight excluding hydrogens is 166 g/mol. The summed E-state index contributed by atoms with van der Waals surface area (Å²) in [6.45, 7) is 6.16. The molecule has 3 nitrogen and oxygen atoms in total. The van der Waals surface area contributed by atoms with Gasteiger partial charge >= 0.3 is 0 Å². The van der Waals surface area contributed by atoms with Gasteiger partial charge in [-0.25, -0.2) is 0 Å². The third-order valence-corrected chi connectivity index (χ3v) is 2.60. The smallest absolute Gasteiger partial charge is 0.0725 e. The molecule has 0 spiro atoms. The standard InChI is InChI=1S/C10H21NO2/c1-8(6-12)7-13-10-4-3-5-11-9(10)2/h8-12H,3-7H2,1-2H3. The van der Waals surface area contributed by atoms with E-state index in [2.05, 4.69) is 12.2 Å². The highest BCUT2D eigenvalue weighted by molar-refractivity contribution is 4.78. The number of aliphatic hydroxyl groups is 1. The molecule has 0 aromatic rings. The van der Waals surface area contributed by atoms with Gasteiger partial charge in [0, 0.05) is 18.6 Å². The van der Waals surface area contributed by atoms with E-state index in [1.54, 1.807) is 0 Å². The molecule has 0 aromatic carbocycles. The number of rotatable bonds is 4. The van der Waals surface area contributed by atoms with Crippen LogP contribution in [0.2, 0.25) is 0 Å². The maximum Gasteiger partial charge on any atom is 0.0725 e. The SMILES string of the molecule is CC(CO)COC1CCCNC1C. The molecule has 0 aromatic heterocycles. The van der Waals surface area contributed by atoms with Crippen molar-refractivity contribution in [3.8, 4) is 0 Å². The van der Waals surface area contributed by atoms with Crippen molar-refractivity contribution in [2.24, 2.45) is 5.92 Å². The van der Waals surface area contributed by atoms with Crippen molar-refractivity contribution in [3.05, 3.63) is 0 Å². The summed E-state index contributed by atoms with van der Waals surface area (Å²) in [4.78, 5) is 0. The van der Waals surface area contributed by atoms with Crippen LogP contribution in [0.3, 0.4) is 0 Å². The summed E-state index contributed by atoms with van der Waals surface area (Å²) >= 11 is 0. The normalized spacial score (nSPS) is 31.6. The minimum Gasteiger partial charge on any atom is -0.396 e. The van der Waals surface area contributed by atoms with Crippen LogP contribution in [0.5, 0.6) is 0 Å². The molecule has 0 aliphatic carbocycles. The molecule has 1 fully saturated rings. The molecule has 0 saturated carbocycles. The second kappa shape index (κ2) is 5.58. The first-order valence-electron chi connectivity index (χ1n) is 5.20. The molecule has 1 aliphatic heterocycles. The lowest BCUT2D eigenvalue weighted by Crippen LogP contribution is -2.44. The van der Waals surface area contributed by atoms with Gasteiger partial charge in [0.05, 0.1) is 12.7 Å². The second-order valence-corrected chi connectivity index (χ2v) is 4.04. The predicted octanol–water partition coefficient (Wildman–Crippen LogP) is 0.772. The summed E-state index contributed by atoms with van der Waals surface area (Å²) in [7, 11) is 0. The van der Waals surface area contributed by atoms with Gasteiger partial charge in [0.15, 0.2) is 0 Å². The van der Waals surface area contributed by atoms with Crippen LogP contribution in [0, 0.1) is 5.92 Å². The van der Waals surface area contributed by atoms with Gasteiger partial charge in [-0.1, -0.05) is 6.92 Å². The van der Waals surface area contributed by atoms with Crippen LogP contribution in [0.1, 0.15) is 26.7 Å². The third kappa shape index (κ3) is 3.63. The Kier molecular flexibility index (Phi) is 4.70. The van der Waals surface area contributed by atoms with Crippen molar-refractivity contribution in [2.75, 3.05) is 19.8 Å². The highest BCUT2D eigenvalue weighted by atomic mass is 16.5. The Hall–Kier alpha value is -0.120. The van der Waals surface area contributed by atoms with E-state index < -0.39 is 0 Å².